The number of piperidine rings is 1. The lowest BCUT2D eigenvalue weighted by Gasteiger charge is -2.42. The summed E-state index contributed by atoms with van der Waals surface area (Å²) < 4.78 is 11.8. The van der Waals surface area contributed by atoms with Crippen molar-refractivity contribution < 1.29 is 19.1 Å². The van der Waals surface area contributed by atoms with Gasteiger partial charge in [0, 0.05) is 25.7 Å². The second-order valence-electron chi connectivity index (χ2n) is 13.7. The van der Waals surface area contributed by atoms with Crippen molar-refractivity contribution in [2.24, 2.45) is 4.99 Å². The van der Waals surface area contributed by atoms with Crippen LogP contribution in [0, 0.1) is 11.3 Å². The topological polar surface area (TPSA) is 123 Å². The first-order chi connectivity index (χ1) is 23.8. The standard InChI is InChI=1S/C38H53N7O4/c1-27(2)41-32(15-9-12-20-43-18-10-6-11-19-43)37(47)45-22-21-44(38-42-28(3)35(49-38)30-13-7-5-8-14-30)26-33(45)36(46)40-25-29-16-17-31(24-39)34(23-29)48-4/h5,7-8,13-14,16-17,23,27-28,32-33,35,41H,6,9-12,15,18-22,25-26H2,1-4H3,(H,40,46)/t28-,32?,33-,35+/m0/s1. The number of unbranched alkanes of at least 4 members (excludes halogenated alkanes) is 1. The number of amides is 2. The second kappa shape index (κ2) is 17.5. The van der Waals surface area contributed by atoms with Crippen molar-refractivity contribution in [3.8, 4) is 11.8 Å². The molecule has 0 saturated carbocycles. The monoisotopic (exact) mass is 671 g/mol. The normalized spacial score (nSPS) is 21.9. The van der Waals surface area contributed by atoms with Crippen LogP contribution in [0.2, 0.25) is 0 Å². The average molecular weight is 672 g/mol. The molecule has 2 fully saturated rings. The molecule has 3 heterocycles. The van der Waals surface area contributed by atoms with E-state index >= 15 is 0 Å². The lowest BCUT2D eigenvalue weighted by atomic mass is 10.0. The number of likely N-dealkylation sites (tertiary alicyclic amines) is 1. The van der Waals surface area contributed by atoms with Crippen molar-refractivity contribution in [3.05, 3.63) is 65.2 Å². The highest BCUT2D eigenvalue weighted by Gasteiger charge is 2.41. The van der Waals surface area contributed by atoms with Gasteiger partial charge in [-0.1, -0.05) is 63.1 Å². The number of ether oxygens (including phenoxy) is 2. The van der Waals surface area contributed by atoms with E-state index in [1.54, 1.807) is 23.1 Å². The number of piperazine rings is 1. The third-order valence-corrected chi connectivity index (χ3v) is 9.70. The van der Waals surface area contributed by atoms with Crippen molar-refractivity contribution >= 4 is 17.8 Å². The SMILES string of the molecule is COc1cc(CNC(=O)[C@@H]2CN(C3=N[C@@H](C)[C@H](c4ccccc4)O3)CCN2C(=O)C(CCCCN2CCCCC2)NC(C)C)ccc1C#N. The molecule has 2 N–H and O–H groups in total. The quantitative estimate of drug-likeness (QED) is 0.304. The molecule has 5 rings (SSSR count). The number of carbonyl (C=O) groups excluding carboxylic acids is 2. The fourth-order valence-electron chi connectivity index (χ4n) is 7.07. The largest absolute Gasteiger partial charge is 0.495 e. The highest BCUT2D eigenvalue weighted by atomic mass is 16.5. The lowest BCUT2D eigenvalue weighted by molar-refractivity contribution is -0.145. The highest BCUT2D eigenvalue weighted by molar-refractivity contribution is 5.91. The van der Waals surface area contributed by atoms with Crippen molar-refractivity contribution in [1.29, 1.82) is 5.26 Å². The van der Waals surface area contributed by atoms with Gasteiger partial charge >= 0.3 is 0 Å². The van der Waals surface area contributed by atoms with Gasteiger partial charge in [0.2, 0.25) is 11.8 Å². The van der Waals surface area contributed by atoms with E-state index in [-0.39, 0.29) is 49.1 Å². The Morgan fingerprint density at radius 1 is 1.06 bits per heavy atom. The first-order valence-electron chi connectivity index (χ1n) is 17.9. The fraction of sp³-hybridized carbons (Fsp3) is 0.579. The number of carbonyl (C=O) groups is 2. The number of aliphatic imine (C=N–C) groups is 1. The number of rotatable bonds is 13. The van der Waals surface area contributed by atoms with Crippen LogP contribution in [0.4, 0.5) is 0 Å². The van der Waals surface area contributed by atoms with E-state index in [0.29, 0.717) is 30.4 Å². The second-order valence-corrected chi connectivity index (χ2v) is 13.7. The van der Waals surface area contributed by atoms with Gasteiger partial charge in [-0.2, -0.15) is 5.26 Å². The van der Waals surface area contributed by atoms with Crippen LogP contribution >= 0.6 is 0 Å². The summed E-state index contributed by atoms with van der Waals surface area (Å²) in [4.78, 5) is 39.5. The molecule has 11 nitrogen and oxygen atoms in total. The number of benzene rings is 2. The minimum Gasteiger partial charge on any atom is -0.495 e. The van der Waals surface area contributed by atoms with E-state index in [1.165, 1.54) is 39.5 Å². The van der Waals surface area contributed by atoms with Crippen molar-refractivity contribution in [1.82, 2.24) is 25.3 Å². The molecule has 0 spiro atoms. The average Bonchev–Trinajstić information content (AvgIpc) is 3.53. The zero-order chi connectivity index (χ0) is 34.8. The van der Waals surface area contributed by atoms with E-state index in [9.17, 15) is 14.9 Å². The number of nitriles is 1. The molecule has 264 valence electrons. The summed E-state index contributed by atoms with van der Waals surface area (Å²) in [5, 5.41) is 16.0. The van der Waals surface area contributed by atoms with Gasteiger partial charge in [0.25, 0.3) is 6.02 Å². The molecule has 4 atom stereocenters. The Morgan fingerprint density at radius 2 is 1.84 bits per heavy atom. The van der Waals surface area contributed by atoms with E-state index in [2.05, 4.69) is 35.5 Å². The van der Waals surface area contributed by atoms with Gasteiger partial charge in [-0.25, -0.2) is 4.99 Å². The van der Waals surface area contributed by atoms with Crippen LogP contribution in [0.5, 0.6) is 5.75 Å². The first kappa shape index (κ1) is 36.1. The van der Waals surface area contributed by atoms with Crippen LogP contribution in [-0.2, 0) is 20.9 Å². The molecule has 1 unspecified atom stereocenters. The molecule has 0 aliphatic carbocycles. The minimum atomic E-state index is -0.747. The summed E-state index contributed by atoms with van der Waals surface area (Å²) in [6.45, 7) is 10.9. The summed E-state index contributed by atoms with van der Waals surface area (Å²) in [6.07, 6.45) is 6.36. The lowest BCUT2D eigenvalue weighted by Crippen LogP contribution is -2.64. The molecule has 49 heavy (non-hydrogen) atoms. The van der Waals surface area contributed by atoms with Gasteiger partial charge in [0.1, 0.15) is 24.0 Å². The van der Waals surface area contributed by atoms with Crippen LogP contribution in [0.25, 0.3) is 0 Å². The predicted molar refractivity (Wildman–Crippen MR) is 190 cm³/mol. The van der Waals surface area contributed by atoms with Crippen LogP contribution in [-0.4, -0.2) is 103 Å². The maximum absolute atomic E-state index is 14.3. The number of nitrogens with zero attached hydrogens (tertiary/aromatic N) is 5. The molecule has 3 aliphatic rings. The third kappa shape index (κ3) is 9.52. The third-order valence-electron chi connectivity index (χ3n) is 9.70. The summed E-state index contributed by atoms with van der Waals surface area (Å²) in [7, 11) is 1.52. The van der Waals surface area contributed by atoms with Crippen molar-refractivity contribution in [2.75, 3.05) is 46.4 Å². The number of amidine groups is 1. The number of methoxy groups -OCH3 is 1. The smallest absolute Gasteiger partial charge is 0.288 e. The molecule has 2 amide bonds. The molecular formula is C38H53N7O4. The molecule has 11 heteroatoms. The summed E-state index contributed by atoms with van der Waals surface area (Å²) in [5.74, 6) is 0.161. The van der Waals surface area contributed by atoms with Gasteiger partial charge in [-0.3, -0.25) is 9.59 Å². The number of hydrogen-bond donors (Lipinski definition) is 2. The van der Waals surface area contributed by atoms with Crippen LogP contribution < -0.4 is 15.4 Å². The molecular weight excluding hydrogens is 618 g/mol. The van der Waals surface area contributed by atoms with Gasteiger partial charge in [0.05, 0.1) is 31.3 Å². The van der Waals surface area contributed by atoms with Crippen LogP contribution in [0.3, 0.4) is 0 Å². The van der Waals surface area contributed by atoms with E-state index in [4.69, 9.17) is 14.5 Å². The molecule has 3 aliphatic heterocycles. The van der Waals surface area contributed by atoms with E-state index in [0.717, 1.165) is 36.9 Å². The molecule has 0 radical (unpaired) electrons. The maximum Gasteiger partial charge on any atom is 0.288 e. The van der Waals surface area contributed by atoms with Gasteiger partial charge < -0.3 is 34.8 Å². The summed E-state index contributed by atoms with van der Waals surface area (Å²) >= 11 is 0. The Hall–Kier alpha value is -4.14. The molecule has 2 aromatic carbocycles. The van der Waals surface area contributed by atoms with Gasteiger partial charge in [-0.05, 0) is 75.5 Å². The fourth-order valence-corrected chi connectivity index (χ4v) is 7.07. The van der Waals surface area contributed by atoms with Gasteiger partial charge in [-0.15, -0.1) is 0 Å². The first-order valence-corrected chi connectivity index (χ1v) is 17.9. The van der Waals surface area contributed by atoms with Crippen LogP contribution in [0.1, 0.15) is 82.1 Å². The van der Waals surface area contributed by atoms with Gasteiger partial charge in [0.15, 0.2) is 0 Å². The Bertz CT molecular complexity index is 1470. The molecule has 2 saturated heterocycles. The summed E-state index contributed by atoms with van der Waals surface area (Å²) in [6, 6.07) is 16.8. The predicted octanol–water partition coefficient (Wildman–Crippen LogP) is 4.23. The zero-order valence-electron chi connectivity index (χ0n) is 29.6. The Balaban J connectivity index is 1.30. The highest BCUT2D eigenvalue weighted by Crippen LogP contribution is 2.31. The number of nitrogens with one attached hydrogen (secondary N) is 2. The maximum atomic E-state index is 14.3. The zero-order valence-corrected chi connectivity index (χ0v) is 29.6. The van der Waals surface area contributed by atoms with Crippen molar-refractivity contribution in [3.63, 3.8) is 0 Å². The summed E-state index contributed by atoms with van der Waals surface area (Å²) in [5.41, 5.74) is 2.28. The van der Waals surface area contributed by atoms with E-state index < -0.39 is 6.04 Å². The molecule has 2 aromatic rings. The Kier molecular flexibility index (Phi) is 12.9. The minimum absolute atomic E-state index is 0.0451. The van der Waals surface area contributed by atoms with E-state index in [1.807, 2.05) is 42.2 Å². The number of hydrogen-bond acceptors (Lipinski definition) is 9. The van der Waals surface area contributed by atoms with Crippen LogP contribution in [0.15, 0.2) is 53.5 Å². The van der Waals surface area contributed by atoms with Crippen molar-refractivity contribution in [2.45, 2.75) is 96.1 Å². The molecule has 0 bridgehead atoms. The Morgan fingerprint density at radius 3 is 2.55 bits per heavy atom. The Labute approximate surface area is 291 Å². The molecule has 0 aromatic heterocycles.